The maximum absolute atomic E-state index is 4.35. The highest BCUT2D eigenvalue weighted by molar-refractivity contribution is 7.62. The molecule has 0 radical (unpaired) electrons. The number of rotatable bonds is 5. The molecule has 0 atom stereocenters. The van der Waals surface area contributed by atoms with E-state index in [0.717, 1.165) is 12.1 Å². The molecule has 2 heteroatoms. The molecule has 0 aliphatic carbocycles. The normalized spacial score (nSPS) is 12.1. The number of aromatic nitrogens is 1. The molecule has 1 rings (SSSR count). The van der Waals surface area contributed by atoms with Crippen molar-refractivity contribution in [2.75, 3.05) is 12.3 Å². The molecule has 0 aliphatic rings. The molecule has 0 N–H and O–H groups in total. The summed E-state index contributed by atoms with van der Waals surface area (Å²) < 4.78 is 0. The highest BCUT2D eigenvalue weighted by atomic mass is 31.1. The molecule has 0 saturated heterocycles. The van der Waals surface area contributed by atoms with E-state index in [4.69, 9.17) is 0 Å². The summed E-state index contributed by atoms with van der Waals surface area (Å²) in [6.07, 6.45) is 7.87. The van der Waals surface area contributed by atoms with Gasteiger partial charge in [0.1, 0.15) is 0 Å². The number of pyridine rings is 1. The molecule has 1 nitrogen and oxygen atoms in total. The van der Waals surface area contributed by atoms with Crippen LogP contribution in [0, 0.1) is 0 Å². The molecule has 0 aliphatic heterocycles. The summed E-state index contributed by atoms with van der Waals surface area (Å²) in [4.78, 5) is 4.35. The first-order valence-corrected chi connectivity index (χ1v) is 7.39. The largest absolute Gasteiger partial charge is 0.257 e. The highest BCUT2D eigenvalue weighted by Gasteiger charge is 2.07. The Labute approximate surface area is 94.4 Å². The zero-order chi connectivity index (χ0) is 11.1. The van der Waals surface area contributed by atoms with Crippen LogP contribution in [0.15, 0.2) is 29.7 Å². The van der Waals surface area contributed by atoms with Crippen LogP contribution in [-0.4, -0.2) is 17.3 Å². The molecule has 1 heterocycles. The fourth-order valence-corrected chi connectivity index (χ4v) is 3.70. The maximum atomic E-state index is 4.35. The molecule has 15 heavy (non-hydrogen) atoms. The zero-order valence-electron chi connectivity index (χ0n) is 9.90. The van der Waals surface area contributed by atoms with Crippen molar-refractivity contribution in [3.05, 3.63) is 35.4 Å². The van der Waals surface area contributed by atoms with Gasteiger partial charge in [-0.05, 0) is 42.3 Å². The molecule has 1 aromatic rings. The highest BCUT2D eigenvalue weighted by Crippen LogP contribution is 2.46. The van der Waals surface area contributed by atoms with Crippen LogP contribution in [0.2, 0.25) is 0 Å². The van der Waals surface area contributed by atoms with Crippen LogP contribution in [-0.2, 0) is 0 Å². The third-order valence-corrected chi connectivity index (χ3v) is 5.32. The molecule has 0 unspecified atom stereocenters. The van der Waals surface area contributed by atoms with E-state index in [1.54, 1.807) is 5.31 Å². The fraction of sp³-hybridized carbons (Fsp3) is 0.462. The van der Waals surface area contributed by atoms with Crippen molar-refractivity contribution >= 4 is 14.0 Å². The lowest BCUT2D eigenvalue weighted by Gasteiger charge is -2.16. The van der Waals surface area contributed by atoms with Crippen molar-refractivity contribution in [3.8, 4) is 0 Å². The van der Waals surface area contributed by atoms with E-state index in [1.165, 1.54) is 12.3 Å². The van der Waals surface area contributed by atoms with Crippen LogP contribution in [0.3, 0.4) is 0 Å². The van der Waals surface area contributed by atoms with Gasteiger partial charge in [-0.15, -0.1) is 0 Å². The van der Waals surface area contributed by atoms with E-state index in [-0.39, 0.29) is 7.92 Å². The fourth-order valence-electron chi connectivity index (χ4n) is 1.68. The molecule has 1 aromatic heterocycles. The summed E-state index contributed by atoms with van der Waals surface area (Å²) in [7, 11) is 0.0777. The van der Waals surface area contributed by atoms with Crippen LogP contribution >= 0.6 is 7.92 Å². The molecule has 0 fully saturated rings. The Balaban J connectivity index is 2.86. The topological polar surface area (TPSA) is 12.9 Å². The van der Waals surface area contributed by atoms with Crippen molar-refractivity contribution in [2.24, 2.45) is 0 Å². The number of hydrogen-bond donors (Lipinski definition) is 0. The van der Waals surface area contributed by atoms with Gasteiger partial charge < -0.3 is 0 Å². The van der Waals surface area contributed by atoms with Crippen molar-refractivity contribution in [2.45, 2.75) is 27.2 Å². The third kappa shape index (κ3) is 3.76. The van der Waals surface area contributed by atoms with E-state index in [1.807, 2.05) is 18.3 Å². The van der Waals surface area contributed by atoms with Gasteiger partial charge in [0.25, 0.3) is 0 Å². The third-order valence-electron chi connectivity index (χ3n) is 2.53. The lowest BCUT2D eigenvalue weighted by Crippen LogP contribution is -1.88. The summed E-state index contributed by atoms with van der Waals surface area (Å²) >= 11 is 0. The second-order valence-corrected chi connectivity index (χ2v) is 6.34. The van der Waals surface area contributed by atoms with Gasteiger partial charge in [0.05, 0.1) is 5.69 Å². The Morgan fingerprint density at radius 1 is 1.27 bits per heavy atom. The molecule has 0 bridgehead atoms. The van der Waals surface area contributed by atoms with Crippen LogP contribution in [0.1, 0.15) is 32.9 Å². The minimum Gasteiger partial charge on any atom is -0.257 e. The first kappa shape index (κ1) is 12.4. The molecule has 0 saturated carbocycles. The Morgan fingerprint density at radius 2 is 2.00 bits per heavy atom. The first-order valence-electron chi connectivity index (χ1n) is 5.68. The Hall–Kier alpha value is -0.680. The zero-order valence-corrected chi connectivity index (χ0v) is 10.8. The van der Waals surface area contributed by atoms with Gasteiger partial charge >= 0.3 is 0 Å². The predicted octanol–water partition coefficient (Wildman–Crippen LogP) is 4.35. The number of hydrogen-bond acceptors (Lipinski definition) is 1. The second-order valence-electron chi connectivity index (χ2n) is 3.42. The minimum atomic E-state index is 0.0777. The van der Waals surface area contributed by atoms with Crippen molar-refractivity contribution in [3.63, 3.8) is 0 Å². The summed E-state index contributed by atoms with van der Waals surface area (Å²) in [6, 6.07) is 6.09. The Morgan fingerprint density at radius 3 is 2.47 bits per heavy atom. The van der Waals surface area contributed by atoms with E-state index in [0.29, 0.717) is 0 Å². The molecular formula is C13H20NP. The molecule has 0 spiro atoms. The van der Waals surface area contributed by atoms with E-state index < -0.39 is 0 Å². The van der Waals surface area contributed by atoms with Crippen LogP contribution < -0.4 is 0 Å². The van der Waals surface area contributed by atoms with Crippen molar-refractivity contribution < 1.29 is 0 Å². The van der Waals surface area contributed by atoms with Crippen molar-refractivity contribution in [1.82, 2.24) is 4.98 Å². The SMILES string of the molecule is CC/C(=C\c1ccccn1)P(CC)CC. The molecule has 0 amide bonds. The van der Waals surface area contributed by atoms with Gasteiger partial charge in [-0.25, -0.2) is 0 Å². The monoisotopic (exact) mass is 221 g/mol. The lowest BCUT2D eigenvalue weighted by atomic mass is 10.3. The van der Waals surface area contributed by atoms with Crippen LogP contribution in [0.4, 0.5) is 0 Å². The van der Waals surface area contributed by atoms with Gasteiger partial charge in [-0.1, -0.05) is 34.8 Å². The van der Waals surface area contributed by atoms with Gasteiger partial charge in [0, 0.05) is 6.20 Å². The summed E-state index contributed by atoms with van der Waals surface area (Å²) in [5, 5.41) is 1.59. The first-order chi connectivity index (χ1) is 7.31. The average Bonchev–Trinajstić information content (AvgIpc) is 2.30. The summed E-state index contributed by atoms with van der Waals surface area (Å²) in [6.45, 7) is 6.82. The standard InChI is InChI=1S/C13H20NP/c1-4-13(15(5-2)6-3)11-12-9-7-8-10-14-12/h7-11H,4-6H2,1-3H3/b13-11+. The lowest BCUT2D eigenvalue weighted by molar-refractivity contribution is 1.18. The van der Waals surface area contributed by atoms with Crippen LogP contribution in [0.5, 0.6) is 0 Å². The minimum absolute atomic E-state index is 0.0777. The van der Waals surface area contributed by atoms with Crippen LogP contribution in [0.25, 0.3) is 6.08 Å². The van der Waals surface area contributed by atoms with E-state index in [9.17, 15) is 0 Å². The molecular weight excluding hydrogens is 201 g/mol. The smallest absolute Gasteiger partial charge is 0.0632 e. The predicted molar refractivity (Wildman–Crippen MR) is 70.5 cm³/mol. The second kappa shape index (κ2) is 6.74. The average molecular weight is 221 g/mol. The summed E-state index contributed by atoms with van der Waals surface area (Å²) in [5.74, 6) is 0. The van der Waals surface area contributed by atoms with Gasteiger partial charge in [0.2, 0.25) is 0 Å². The molecule has 0 aromatic carbocycles. The van der Waals surface area contributed by atoms with Gasteiger partial charge in [-0.2, -0.15) is 0 Å². The molecule has 82 valence electrons. The summed E-state index contributed by atoms with van der Waals surface area (Å²) in [5.41, 5.74) is 1.10. The maximum Gasteiger partial charge on any atom is 0.0632 e. The van der Waals surface area contributed by atoms with E-state index in [2.05, 4.69) is 37.9 Å². The number of allylic oxidation sites excluding steroid dienone is 1. The quantitative estimate of drug-likeness (QED) is 0.673. The Kier molecular flexibility index (Phi) is 5.57. The van der Waals surface area contributed by atoms with Crippen molar-refractivity contribution in [1.29, 1.82) is 0 Å². The van der Waals surface area contributed by atoms with Gasteiger partial charge in [0.15, 0.2) is 0 Å². The Bertz CT molecular complexity index is 302. The van der Waals surface area contributed by atoms with E-state index >= 15 is 0 Å². The number of nitrogens with zero attached hydrogens (tertiary/aromatic N) is 1. The van der Waals surface area contributed by atoms with Gasteiger partial charge in [-0.3, -0.25) is 4.98 Å².